The first kappa shape index (κ1) is 17.1. The number of halogens is 1. The van der Waals surface area contributed by atoms with Gasteiger partial charge in [-0.2, -0.15) is 0 Å². The number of aryl methyl sites for hydroxylation is 1. The molecule has 0 spiro atoms. The summed E-state index contributed by atoms with van der Waals surface area (Å²) < 4.78 is 19.8. The highest BCUT2D eigenvalue weighted by molar-refractivity contribution is 7.99. The largest absolute Gasteiger partial charge is 0.475 e. The van der Waals surface area contributed by atoms with Crippen molar-refractivity contribution in [3.05, 3.63) is 42.1 Å². The first-order valence-corrected chi connectivity index (χ1v) is 8.41. The molecule has 1 fully saturated rings. The zero-order valence-corrected chi connectivity index (χ0v) is 13.7. The lowest BCUT2D eigenvalue weighted by Crippen LogP contribution is -2.50. The highest BCUT2D eigenvalue weighted by atomic mass is 32.2. The molecule has 24 heavy (non-hydrogen) atoms. The topological polar surface area (TPSA) is 95.7 Å². The molecule has 3 heterocycles. The molecule has 2 aromatic heterocycles. The van der Waals surface area contributed by atoms with E-state index >= 15 is 0 Å². The molecule has 1 aliphatic heterocycles. The van der Waals surface area contributed by atoms with Crippen LogP contribution in [0.2, 0.25) is 0 Å². The molecule has 0 unspecified atom stereocenters. The molecule has 3 rings (SSSR count). The van der Waals surface area contributed by atoms with Gasteiger partial charge >= 0.3 is 0 Å². The smallest absolute Gasteiger partial charge is 0.173 e. The van der Waals surface area contributed by atoms with E-state index in [4.69, 9.17) is 4.74 Å². The number of aromatic nitrogens is 2. The van der Waals surface area contributed by atoms with Crippen LogP contribution in [0.15, 0.2) is 30.6 Å². The Kier molecular flexibility index (Phi) is 5.00. The predicted molar refractivity (Wildman–Crippen MR) is 87.1 cm³/mol. The van der Waals surface area contributed by atoms with E-state index in [0.29, 0.717) is 5.56 Å². The zero-order chi connectivity index (χ0) is 17.3. The summed E-state index contributed by atoms with van der Waals surface area (Å²) in [4.78, 5) is 8.17. The van der Waals surface area contributed by atoms with E-state index in [0.717, 1.165) is 17.5 Å². The van der Waals surface area contributed by atoms with Crippen LogP contribution in [0.1, 0.15) is 5.69 Å². The molecule has 4 atom stereocenters. The third-order valence-electron chi connectivity index (χ3n) is 3.71. The maximum Gasteiger partial charge on any atom is 0.173 e. The van der Waals surface area contributed by atoms with E-state index in [1.165, 1.54) is 12.3 Å². The third kappa shape index (κ3) is 3.51. The molecule has 3 N–H and O–H groups in total. The van der Waals surface area contributed by atoms with Gasteiger partial charge in [-0.25, -0.2) is 9.37 Å². The van der Waals surface area contributed by atoms with E-state index in [2.05, 4.69) is 9.97 Å². The first-order valence-electron chi connectivity index (χ1n) is 7.37. The lowest BCUT2D eigenvalue weighted by Gasteiger charge is -2.34. The SMILES string of the molecule is Cc1ccc(-c2ncc(O[C@H]3SC[C@@H](O)[C@H](O)[C@H]3O)cc2F)cn1. The van der Waals surface area contributed by atoms with Crippen LogP contribution in [0.5, 0.6) is 5.75 Å². The van der Waals surface area contributed by atoms with Gasteiger partial charge in [0.2, 0.25) is 0 Å². The van der Waals surface area contributed by atoms with Gasteiger partial charge in [0.05, 0.1) is 12.3 Å². The van der Waals surface area contributed by atoms with Crippen molar-refractivity contribution in [3.63, 3.8) is 0 Å². The molecule has 0 aliphatic carbocycles. The van der Waals surface area contributed by atoms with Gasteiger partial charge < -0.3 is 20.1 Å². The second-order valence-corrected chi connectivity index (χ2v) is 6.69. The highest BCUT2D eigenvalue weighted by Crippen LogP contribution is 2.30. The maximum absolute atomic E-state index is 14.3. The Morgan fingerprint density at radius 3 is 2.62 bits per heavy atom. The number of aliphatic hydroxyl groups excluding tert-OH is 3. The van der Waals surface area contributed by atoms with E-state index < -0.39 is 29.6 Å². The quantitative estimate of drug-likeness (QED) is 0.762. The molecule has 128 valence electrons. The third-order valence-corrected chi connectivity index (χ3v) is 4.94. The molecule has 8 heteroatoms. The maximum atomic E-state index is 14.3. The Balaban J connectivity index is 1.76. The summed E-state index contributed by atoms with van der Waals surface area (Å²) in [5.41, 5.74) is 0.720. The van der Waals surface area contributed by atoms with Crippen LogP contribution < -0.4 is 4.74 Å². The van der Waals surface area contributed by atoms with E-state index in [9.17, 15) is 19.7 Å². The van der Waals surface area contributed by atoms with Crippen molar-refractivity contribution >= 4 is 11.8 Å². The van der Waals surface area contributed by atoms with Gasteiger partial charge in [-0.05, 0) is 19.1 Å². The van der Waals surface area contributed by atoms with Gasteiger partial charge in [-0.15, -0.1) is 11.8 Å². The molecule has 0 saturated carbocycles. The minimum Gasteiger partial charge on any atom is -0.475 e. The fourth-order valence-electron chi connectivity index (χ4n) is 2.32. The molecule has 0 bridgehead atoms. The van der Waals surface area contributed by atoms with Crippen LogP contribution in [-0.4, -0.2) is 54.8 Å². The minimum absolute atomic E-state index is 0.136. The molecule has 1 saturated heterocycles. The number of pyridine rings is 2. The van der Waals surface area contributed by atoms with Gasteiger partial charge in [-0.3, -0.25) is 4.98 Å². The van der Waals surface area contributed by atoms with Gasteiger partial charge in [-0.1, -0.05) is 0 Å². The Morgan fingerprint density at radius 1 is 1.17 bits per heavy atom. The number of ether oxygens (including phenoxy) is 1. The number of rotatable bonds is 3. The van der Waals surface area contributed by atoms with E-state index in [1.54, 1.807) is 18.3 Å². The van der Waals surface area contributed by atoms with Crippen molar-refractivity contribution in [2.75, 3.05) is 5.75 Å². The zero-order valence-electron chi connectivity index (χ0n) is 12.8. The summed E-state index contributed by atoms with van der Waals surface area (Å²) in [5, 5.41) is 29.1. The van der Waals surface area contributed by atoms with Crippen LogP contribution >= 0.6 is 11.8 Å². The average molecular weight is 352 g/mol. The second-order valence-electron chi connectivity index (χ2n) is 5.56. The Hall–Kier alpha value is -1.74. The van der Waals surface area contributed by atoms with Crippen molar-refractivity contribution in [3.8, 4) is 17.0 Å². The Morgan fingerprint density at radius 2 is 1.96 bits per heavy atom. The first-order chi connectivity index (χ1) is 11.5. The molecule has 0 amide bonds. The van der Waals surface area contributed by atoms with E-state index in [-0.39, 0.29) is 17.2 Å². The standard InChI is InChI=1S/C16H17FN2O4S/c1-8-2-3-9(5-18-8)13-11(17)4-10(6-19-13)23-16-15(22)14(21)12(20)7-24-16/h2-6,12,14-16,20-22H,7H2,1H3/t12-,14+,15-,16+/m1/s1. The van der Waals surface area contributed by atoms with Crippen LogP contribution in [-0.2, 0) is 0 Å². The fourth-order valence-corrected chi connectivity index (χ4v) is 3.44. The lowest BCUT2D eigenvalue weighted by molar-refractivity contribution is -0.0786. The monoisotopic (exact) mass is 352 g/mol. The van der Waals surface area contributed by atoms with Gasteiger partial charge in [0.25, 0.3) is 0 Å². The van der Waals surface area contributed by atoms with Gasteiger partial charge in [0.1, 0.15) is 23.7 Å². The molecule has 0 radical (unpaired) electrons. The summed E-state index contributed by atoms with van der Waals surface area (Å²) in [7, 11) is 0. The second kappa shape index (κ2) is 7.02. The van der Waals surface area contributed by atoms with Crippen molar-refractivity contribution in [2.45, 2.75) is 30.7 Å². The summed E-state index contributed by atoms with van der Waals surface area (Å²) in [6, 6.07) is 4.67. The Bertz CT molecular complexity index is 716. The molecule has 6 nitrogen and oxygen atoms in total. The summed E-state index contributed by atoms with van der Waals surface area (Å²) in [6.07, 6.45) is -0.700. The minimum atomic E-state index is -1.30. The molecule has 2 aromatic rings. The van der Waals surface area contributed by atoms with Crippen molar-refractivity contribution < 1.29 is 24.4 Å². The van der Waals surface area contributed by atoms with Crippen LogP contribution in [0.3, 0.4) is 0 Å². The number of hydrogen-bond acceptors (Lipinski definition) is 7. The van der Waals surface area contributed by atoms with Crippen LogP contribution in [0.4, 0.5) is 4.39 Å². The molecular weight excluding hydrogens is 335 g/mol. The van der Waals surface area contributed by atoms with Gasteiger partial charge in [0, 0.05) is 29.3 Å². The molecular formula is C16H17FN2O4S. The van der Waals surface area contributed by atoms with Gasteiger partial charge in [0.15, 0.2) is 11.3 Å². The Labute approximate surface area is 142 Å². The van der Waals surface area contributed by atoms with Crippen molar-refractivity contribution in [1.82, 2.24) is 9.97 Å². The van der Waals surface area contributed by atoms with Crippen LogP contribution in [0.25, 0.3) is 11.3 Å². The summed E-state index contributed by atoms with van der Waals surface area (Å²) in [6.45, 7) is 1.84. The normalized spacial score (nSPS) is 27.0. The number of hydrogen-bond donors (Lipinski definition) is 3. The van der Waals surface area contributed by atoms with Crippen molar-refractivity contribution in [1.29, 1.82) is 0 Å². The average Bonchev–Trinajstić information content (AvgIpc) is 2.57. The lowest BCUT2D eigenvalue weighted by atomic mass is 10.1. The van der Waals surface area contributed by atoms with E-state index in [1.807, 2.05) is 6.92 Å². The number of nitrogens with zero attached hydrogens (tertiary/aromatic N) is 2. The van der Waals surface area contributed by atoms with Crippen LogP contribution in [0, 0.1) is 12.7 Å². The molecule has 0 aromatic carbocycles. The number of thioether (sulfide) groups is 1. The summed E-state index contributed by atoms with van der Waals surface area (Å²) in [5.74, 6) is -0.225. The van der Waals surface area contributed by atoms with Crippen molar-refractivity contribution in [2.24, 2.45) is 0 Å². The highest BCUT2D eigenvalue weighted by Gasteiger charge is 2.38. The number of aliphatic hydroxyl groups is 3. The summed E-state index contributed by atoms with van der Waals surface area (Å²) >= 11 is 1.14. The predicted octanol–water partition coefficient (Wildman–Crippen LogP) is 1.13. The molecule has 1 aliphatic rings. The fraction of sp³-hybridized carbons (Fsp3) is 0.375.